The van der Waals surface area contributed by atoms with Crippen molar-refractivity contribution >= 4 is 18.5 Å². The Bertz CT molecular complexity index is 1030. The number of fused-ring (bicyclic) bond motifs is 5. The summed E-state index contributed by atoms with van der Waals surface area (Å²) in [7, 11) is 0. The summed E-state index contributed by atoms with van der Waals surface area (Å²) in [4.78, 5) is 34.0. The normalized spacial score (nSPS) is 44.4. The maximum Gasteiger partial charge on any atom is 0.331 e. The predicted octanol–water partition coefficient (Wildman–Crippen LogP) is -1.48. The van der Waals surface area contributed by atoms with Crippen LogP contribution in [0.1, 0.15) is 64.7 Å². The first-order chi connectivity index (χ1) is 19.2. The molecule has 232 valence electrons. The van der Waals surface area contributed by atoms with E-state index in [0.717, 1.165) is 31.1 Å². The Morgan fingerprint density at radius 2 is 1.66 bits per heavy atom. The Kier molecular flexibility index (Phi) is 9.19. The van der Waals surface area contributed by atoms with Crippen LogP contribution in [0.25, 0.3) is 0 Å². The zero-order chi connectivity index (χ0) is 30.4. The lowest BCUT2D eigenvalue weighted by Crippen LogP contribution is -2.68. The van der Waals surface area contributed by atoms with Crippen LogP contribution >= 0.6 is 0 Å². The monoisotopic (exact) mass is 584 g/mol. The van der Waals surface area contributed by atoms with Crippen molar-refractivity contribution in [3.63, 3.8) is 0 Å². The number of hydrogen-bond acceptors (Lipinski definition) is 12. The SMILES string of the molecule is C[C@]12CC[C@H]3[C@@H](CC[C@]4(O)C[C@@H](O)CC[C@]34C=O)[C@@]1(O)CC[C@@H]2C1=CC(=O)OC1.O=C[C@H](O)[C@@H](O)[C@H](O)[C@H](O)CO. The number of hydrogen-bond donors (Lipinski definition) is 8. The van der Waals surface area contributed by atoms with E-state index in [0.29, 0.717) is 38.7 Å². The number of carbonyl (C=O) groups is 3. The summed E-state index contributed by atoms with van der Waals surface area (Å²) in [6, 6.07) is 0. The highest BCUT2D eigenvalue weighted by Crippen LogP contribution is 2.70. The van der Waals surface area contributed by atoms with E-state index < -0.39 is 53.7 Å². The third-order valence-corrected chi connectivity index (χ3v) is 11.3. The van der Waals surface area contributed by atoms with Crippen molar-refractivity contribution in [2.75, 3.05) is 13.2 Å². The maximum absolute atomic E-state index is 12.5. The molecule has 4 aliphatic carbocycles. The van der Waals surface area contributed by atoms with Crippen LogP contribution in [-0.4, -0.2) is 114 Å². The van der Waals surface area contributed by atoms with Gasteiger partial charge in [-0.05, 0) is 74.7 Å². The van der Waals surface area contributed by atoms with Gasteiger partial charge in [0.1, 0.15) is 37.3 Å². The van der Waals surface area contributed by atoms with Crippen LogP contribution in [0.5, 0.6) is 0 Å². The Labute approximate surface area is 238 Å². The molecule has 12 nitrogen and oxygen atoms in total. The molecule has 0 amide bonds. The molecule has 41 heavy (non-hydrogen) atoms. The highest BCUT2D eigenvalue weighted by molar-refractivity contribution is 5.85. The van der Waals surface area contributed by atoms with Gasteiger partial charge in [-0.25, -0.2) is 4.79 Å². The van der Waals surface area contributed by atoms with E-state index in [-0.39, 0.29) is 41.8 Å². The first-order valence-electron chi connectivity index (χ1n) is 14.5. The van der Waals surface area contributed by atoms with Gasteiger partial charge in [-0.3, -0.25) is 0 Å². The summed E-state index contributed by atoms with van der Waals surface area (Å²) < 4.78 is 5.15. The summed E-state index contributed by atoms with van der Waals surface area (Å²) in [5.41, 5.74) is -2.34. The minimum absolute atomic E-state index is 0.0258. The van der Waals surface area contributed by atoms with Gasteiger partial charge in [-0.2, -0.15) is 0 Å². The predicted molar refractivity (Wildman–Crippen MR) is 141 cm³/mol. The second-order valence-electron chi connectivity index (χ2n) is 13.0. The van der Waals surface area contributed by atoms with Gasteiger partial charge in [0.15, 0.2) is 6.29 Å². The van der Waals surface area contributed by atoms with Crippen molar-refractivity contribution in [2.45, 2.75) is 106 Å². The summed E-state index contributed by atoms with van der Waals surface area (Å²) in [5, 5.41) is 77.3. The molecule has 4 saturated carbocycles. The summed E-state index contributed by atoms with van der Waals surface area (Å²) in [5.74, 6) is -0.304. The van der Waals surface area contributed by atoms with Gasteiger partial charge >= 0.3 is 5.97 Å². The van der Waals surface area contributed by atoms with Crippen LogP contribution in [0, 0.1) is 28.6 Å². The van der Waals surface area contributed by atoms with Crippen LogP contribution in [0.4, 0.5) is 0 Å². The molecular formula is C29H44O12. The minimum Gasteiger partial charge on any atom is -0.458 e. The Balaban J connectivity index is 0.000000275. The highest BCUT2D eigenvalue weighted by Gasteiger charge is 2.71. The van der Waals surface area contributed by atoms with Crippen LogP contribution in [0.3, 0.4) is 0 Å². The number of cyclic esters (lactones) is 1. The van der Waals surface area contributed by atoms with E-state index in [1.807, 2.05) is 0 Å². The smallest absolute Gasteiger partial charge is 0.331 e. The van der Waals surface area contributed by atoms with Gasteiger partial charge in [-0.15, -0.1) is 0 Å². The molecular weight excluding hydrogens is 540 g/mol. The number of ether oxygens (including phenoxy) is 1. The average molecular weight is 585 g/mol. The maximum atomic E-state index is 12.5. The van der Waals surface area contributed by atoms with Crippen LogP contribution in [0.2, 0.25) is 0 Å². The molecule has 0 unspecified atom stereocenters. The van der Waals surface area contributed by atoms with E-state index >= 15 is 0 Å². The van der Waals surface area contributed by atoms with E-state index in [4.69, 9.17) is 30.3 Å². The number of aliphatic hydroxyl groups is 8. The molecule has 5 aliphatic rings. The first-order valence-corrected chi connectivity index (χ1v) is 14.5. The number of aldehydes is 2. The van der Waals surface area contributed by atoms with Crippen LogP contribution < -0.4 is 0 Å². The van der Waals surface area contributed by atoms with Gasteiger partial charge in [0.25, 0.3) is 0 Å². The first kappa shape index (κ1) is 32.2. The topological polar surface area (TPSA) is 222 Å². The zero-order valence-corrected chi connectivity index (χ0v) is 23.3. The fraction of sp³-hybridized carbons (Fsp3) is 0.828. The van der Waals surface area contributed by atoms with E-state index in [9.17, 15) is 29.7 Å². The van der Waals surface area contributed by atoms with Crippen molar-refractivity contribution in [3.05, 3.63) is 11.6 Å². The van der Waals surface area contributed by atoms with Gasteiger partial charge in [-0.1, -0.05) is 6.92 Å². The van der Waals surface area contributed by atoms with E-state index in [1.54, 1.807) is 6.08 Å². The van der Waals surface area contributed by atoms with Gasteiger partial charge in [0.2, 0.25) is 0 Å². The molecule has 8 N–H and O–H groups in total. The third-order valence-electron chi connectivity index (χ3n) is 11.3. The molecule has 12 heteroatoms. The molecule has 12 atom stereocenters. The number of carbonyl (C=O) groups excluding carboxylic acids is 3. The molecule has 0 aromatic heterocycles. The molecule has 0 aromatic carbocycles. The highest BCUT2D eigenvalue weighted by atomic mass is 16.5. The van der Waals surface area contributed by atoms with Crippen molar-refractivity contribution in [3.8, 4) is 0 Å². The lowest BCUT2D eigenvalue weighted by Gasteiger charge is -2.65. The molecule has 1 aliphatic heterocycles. The number of rotatable bonds is 7. The van der Waals surface area contributed by atoms with Gasteiger partial charge < -0.3 is 55.2 Å². The minimum atomic E-state index is -1.79. The lowest BCUT2D eigenvalue weighted by molar-refractivity contribution is -0.248. The van der Waals surface area contributed by atoms with Crippen molar-refractivity contribution in [1.29, 1.82) is 0 Å². The molecule has 0 spiro atoms. The molecule has 0 bridgehead atoms. The quantitative estimate of drug-likeness (QED) is 0.127. The molecule has 0 saturated heterocycles. The molecule has 0 radical (unpaired) electrons. The average Bonchev–Trinajstić information content (AvgIpc) is 3.50. The standard InChI is InChI=1S/C23H32O6.C6H12O6/c1-20-6-3-17-18(4-8-22(27)11-15(25)2-7-21(17,22)13-24)23(20,28)9-5-16(20)14-10-19(26)29-12-14;7-1-3(9)5(11)6(12)4(10)2-8/h10,13,15-18,25,27-28H,2-9,11-12H2,1H3;1,3-6,8-12H,2H2/t15-,16+,17-,18+,20+,21-,22-,23-;3-,4+,5+,6+/m00/s1. The second-order valence-corrected chi connectivity index (χ2v) is 13.0. The van der Waals surface area contributed by atoms with Crippen molar-refractivity contribution < 1.29 is 60.0 Å². The number of aliphatic hydroxyl groups excluding tert-OH is 6. The summed E-state index contributed by atoms with van der Waals surface area (Å²) in [6.45, 7) is 1.70. The lowest BCUT2D eigenvalue weighted by atomic mass is 9.41. The summed E-state index contributed by atoms with van der Waals surface area (Å²) >= 11 is 0. The van der Waals surface area contributed by atoms with Crippen molar-refractivity contribution in [2.24, 2.45) is 28.6 Å². The second kappa shape index (κ2) is 11.7. The number of esters is 1. The Morgan fingerprint density at radius 1 is 0.976 bits per heavy atom. The molecule has 0 aromatic rings. The van der Waals surface area contributed by atoms with Gasteiger partial charge in [0.05, 0.1) is 29.3 Å². The fourth-order valence-corrected chi connectivity index (χ4v) is 8.95. The van der Waals surface area contributed by atoms with Crippen LogP contribution in [-0.2, 0) is 19.1 Å². The molecule has 4 fully saturated rings. The fourth-order valence-electron chi connectivity index (χ4n) is 8.95. The van der Waals surface area contributed by atoms with Crippen LogP contribution in [0.15, 0.2) is 11.6 Å². The Morgan fingerprint density at radius 3 is 2.24 bits per heavy atom. The third kappa shape index (κ3) is 5.10. The van der Waals surface area contributed by atoms with E-state index in [2.05, 4.69) is 6.92 Å². The van der Waals surface area contributed by atoms with Crippen molar-refractivity contribution in [1.82, 2.24) is 0 Å². The zero-order valence-electron chi connectivity index (χ0n) is 23.3. The largest absolute Gasteiger partial charge is 0.458 e. The van der Waals surface area contributed by atoms with E-state index in [1.165, 1.54) is 0 Å². The summed E-state index contributed by atoms with van der Waals surface area (Å²) in [6.07, 6.45) is 0.517. The molecule has 1 heterocycles. The Hall–Kier alpha value is -1.77. The van der Waals surface area contributed by atoms with Gasteiger partial charge in [0, 0.05) is 17.9 Å². The molecule has 5 rings (SSSR count).